The van der Waals surface area contributed by atoms with Crippen LogP contribution in [-0.2, 0) is 17.9 Å². The second kappa shape index (κ2) is 8.85. The van der Waals surface area contributed by atoms with Gasteiger partial charge in [-0.25, -0.2) is 4.98 Å². The van der Waals surface area contributed by atoms with Crippen molar-refractivity contribution in [2.24, 2.45) is 0 Å². The molecule has 0 bridgehead atoms. The molecular weight excluding hydrogens is 404 g/mol. The summed E-state index contributed by atoms with van der Waals surface area (Å²) in [6, 6.07) is 5.13. The van der Waals surface area contributed by atoms with E-state index in [9.17, 15) is 9.59 Å². The number of methoxy groups -OCH3 is 2. The predicted molar refractivity (Wildman–Crippen MR) is 119 cm³/mol. The van der Waals surface area contributed by atoms with Gasteiger partial charge in [0.2, 0.25) is 5.91 Å². The monoisotopic (exact) mass is 430 g/mol. The molecule has 1 N–H and O–H groups in total. The van der Waals surface area contributed by atoms with Gasteiger partial charge in [-0.05, 0) is 45.6 Å². The Hall–Kier alpha value is -2.91. The van der Waals surface area contributed by atoms with Gasteiger partial charge >= 0.3 is 0 Å². The second-order valence-corrected chi connectivity index (χ2v) is 8.44. The number of hydrogen-bond donors (Lipinski definition) is 1. The van der Waals surface area contributed by atoms with Crippen molar-refractivity contribution in [1.29, 1.82) is 0 Å². The minimum atomic E-state index is -0.352. The third-order valence-electron chi connectivity index (χ3n) is 4.81. The first kappa shape index (κ1) is 21.8. The van der Waals surface area contributed by atoms with E-state index in [1.165, 1.54) is 23.0 Å². The molecule has 0 aliphatic heterocycles. The molecule has 0 atom stereocenters. The number of nitrogens with one attached hydrogen (secondary N) is 1. The molecule has 160 valence electrons. The molecular formula is C21H26N4O4S. The Kier molecular flexibility index (Phi) is 6.42. The second-order valence-electron chi connectivity index (χ2n) is 7.23. The van der Waals surface area contributed by atoms with E-state index in [0.29, 0.717) is 39.8 Å². The number of aryl methyl sites for hydroxylation is 2. The maximum atomic E-state index is 13.3. The zero-order valence-corrected chi connectivity index (χ0v) is 18.8. The van der Waals surface area contributed by atoms with Gasteiger partial charge in [-0.2, -0.15) is 0 Å². The topological polar surface area (TPSA) is 85.7 Å². The fourth-order valence-corrected chi connectivity index (χ4v) is 4.22. The predicted octanol–water partition coefficient (Wildman–Crippen LogP) is 2.79. The van der Waals surface area contributed by atoms with E-state index in [1.54, 1.807) is 25.3 Å². The Morgan fingerprint density at radius 1 is 1.23 bits per heavy atom. The lowest BCUT2D eigenvalue weighted by Crippen LogP contribution is -2.33. The lowest BCUT2D eigenvalue weighted by Gasteiger charge is -2.16. The number of benzene rings is 1. The number of ether oxygens (including phenoxy) is 2. The highest BCUT2D eigenvalue weighted by Crippen LogP contribution is 2.29. The van der Waals surface area contributed by atoms with Gasteiger partial charge in [0.15, 0.2) is 0 Å². The van der Waals surface area contributed by atoms with Crippen molar-refractivity contribution in [3.63, 3.8) is 0 Å². The van der Waals surface area contributed by atoms with Gasteiger partial charge < -0.3 is 19.7 Å². The van der Waals surface area contributed by atoms with E-state index >= 15 is 0 Å². The smallest absolute Gasteiger partial charge is 0.263 e. The molecule has 0 aliphatic rings. The van der Waals surface area contributed by atoms with E-state index in [2.05, 4.69) is 5.32 Å². The average Bonchev–Trinajstić information content (AvgIpc) is 2.98. The number of amides is 1. The summed E-state index contributed by atoms with van der Waals surface area (Å²) in [5.74, 6) is 1.29. The highest BCUT2D eigenvalue weighted by molar-refractivity contribution is 7.18. The highest BCUT2D eigenvalue weighted by Gasteiger charge is 2.19. The SMILES string of the molecule is COc1ccc(OC)c(NC(=O)Cn2c(CN(C)C)nc3sc(C)c(C)c3c2=O)c1. The average molecular weight is 431 g/mol. The molecule has 2 heterocycles. The van der Waals surface area contributed by atoms with Crippen LogP contribution in [-0.4, -0.2) is 48.7 Å². The Labute approximate surface area is 179 Å². The molecule has 0 aliphatic carbocycles. The normalized spacial score (nSPS) is 11.2. The van der Waals surface area contributed by atoms with E-state index in [-0.39, 0.29) is 18.0 Å². The third kappa shape index (κ3) is 4.31. The molecule has 0 radical (unpaired) electrons. The van der Waals surface area contributed by atoms with Crippen molar-refractivity contribution in [1.82, 2.24) is 14.5 Å². The number of carbonyl (C=O) groups excluding carboxylic acids is 1. The molecule has 30 heavy (non-hydrogen) atoms. The molecule has 3 aromatic rings. The molecule has 1 amide bonds. The highest BCUT2D eigenvalue weighted by atomic mass is 32.1. The van der Waals surface area contributed by atoms with Crippen LogP contribution in [0.1, 0.15) is 16.3 Å². The number of aromatic nitrogens is 2. The van der Waals surface area contributed by atoms with Gasteiger partial charge in [0.1, 0.15) is 28.7 Å². The van der Waals surface area contributed by atoms with Crippen molar-refractivity contribution in [3.05, 3.63) is 44.8 Å². The largest absolute Gasteiger partial charge is 0.497 e. The van der Waals surface area contributed by atoms with Crippen molar-refractivity contribution in [3.8, 4) is 11.5 Å². The summed E-state index contributed by atoms with van der Waals surface area (Å²) in [4.78, 5) is 34.5. The molecule has 0 fully saturated rings. The Morgan fingerprint density at radius 2 is 1.97 bits per heavy atom. The van der Waals surface area contributed by atoms with E-state index < -0.39 is 0 Å². The summed E-state index contributed by atoms with van der Waals surface area (Å²) in [6.45, 7) is 4.17. The summed E-state index contributed by atoms with van der Waals surface area (Å²) in [5.41, 5.74) is 1.18. The van der Waals surface area contributed by atoms with Crippen LogP contribution >= 0.6 is 11.3 Å². The zero-order valence-electron chi connectivity index (χ0n) is 18.0. The molecule has 9 heteroatoms. The Balaban J connectivity index is 2.00. The van der Waals surface area contributed by atoms with E-state index in [0.717, 1.165) is 10.4 Å². The number of anilines is 1. The number of nitrogens with zero attached hydrogens (tertiary/aromatic N) is 3. The molecule has 3 rings (SSSR count). The lowest BCUT2D eigenvalue weighted by atomic mass is 10.2. The molecule has 2 aromatic heterocycles. The van der Waals surface area contributed by atoms with Gasteiger partial charge in [0, 0.05) is 10.9 Å². The fraction of sp³-hybridized carbons (Fsp3) is 0.381. The lowest BCUT2D eigenvalue weighted by molar-refractivity contribution is -0.116. The Bertz CT molecular complexity index is 1150. The zero-order chi connectivity index (χ0) is 22.0. The van der Waals surface area contributed by atoms with Crippen LogP contribution in [0, 0.1) is 13.8 Å². The fourth-order valence-electron chi connectivity index (χ4n) is 3.18. The Morgan fingerprint density at radius 3 is 2.60 bits per heavy atom. The summed E-state index contributed by atoms with van der Waals surface area (Å²) >= 11 is 1.50. The molecule has 0 saturated carbocycles. The van der Waals surface area contributed by atoms with Crippen molar-refractivity contribution >= 4 is 33.1 Å². The standard InChI is InChI=1S/C21H26N4O4S/c1-12-13(2)30-20-19(12)21(27)25(17(23-20)10-24(3)4)11-18(26)22-15-9-14(28-5)7-8-16(15)29-6/h7-9H,10-11H2,1-6H3,(H,22,26). The number of thiophene rings is 1. The van der Waals surface area contributed by atoms with Crippen LogP contribution in [0.4, 0.5) is 5.69 Å². The minimum Gasteiger partial charge on any atom is -0.497 e. The van der Waals surface area contributed by atoms with Crippen molar-refractivity contribution in [2.45, 2.75) is 26.9 Å². The first-order valence-electron chi connectivity index (χ1n) is 9.41. The van der Waals surface area contributed by atoms with Gasteiger partial charge in [-0.1, -0.05) is 0 Å². The van der Waals surface area contributed by atoms with E-state index in [4.69, 9.17) is 14.5 Å². The maximum absolute atomic E-state index is 13.3. The minimum absolute atomic E-state index is 0.153. The number of fused-ring (bicyclic) bond motifs is 1. The molecule has 0 spiro atoms. The van der Waals surface area contributed by atoms with Gasteiger partial charge in [0.25, 0.3) is 5.56 Å². The van der Waals surface area contributed by atoms with Crippen molar-refractivity contribution < 1.29 is 14.3 Å². The molecule has 0 saturated heterocycles. The van der Waals surface area contributed by atoms with Crippen LogP contribution in [0.25, 0.3) is 10.2 Å². The number of hydrogen-bond acceptors (Lipinski definition) is 7. The van der Waals surface area contributed by atoms with Gasteiger partial charge in [0.05, 0.1) is 31.8 Å². The van der Waals surface area contributed by atoms with Crippen LogP contribution in [0.3, 0.4) is 0 Å². The number of carbonyl (C=O) groups is 1. The maximum Gasteiger partial charge on any atom is 0.263 e. The van der Waals surface area contributed by atoms with Crippen molar-refractivity contribution in [2.75, 3.05) is 33.6 Å². The summed E-state index contributed by atoms with van der Waals surface area (Å²) < 4.78 is 12.0. The first-order chi connectivity index (χ1) is 14.2. The summed E-state index contributed by atoms with van der Waals surface area (Å²) in [7, 11) is 6.86. The van der Waals surface area contributed by atoms with Crippen LogP contribution < -0.4 is 20.3 Å². The van der Waals surface area contributed by atoms with Gasteiger partial charge in [-0.15, -0.1) is 11.3 Å². The quantitative estimate of drug-likeness (QED) is 0.620. The van der Waals surface area contributed by atoms with E-state index in [1.807, 2.05) is 32.8 Å². The van der Waals surface area contributed by atoms with Gasteiger partial charge in [-0.3, -0.25) is 14.2 Å². The molecule has 1 aromatic carbocycles. The van der Waals surface area contributed by atoms with Crippen LogP contribution in [0.2, 0.25) is 0 Å². The summed E-state index contributed by atoms with van der Waals surface area (Å²) in [6.07, 6.45) is 0. The summed E-state index contributed by atoms with van der Waals surface area (Å²) in [5, 5.41) is 3.39. The van der Waals surface area contributed by atoms with Crippen LogP contribution in [0.5, 0.6) is 11.5 Å². The molecule has 0 unspecified atom stereocenters. The van der Waals surface area contributed by atoms with Crippen LogP contribution in [0.15, 0.2) is 23.0 Å². The number of rotatable bonds is 7. The third-order valence-corrected chi connectivity index (χ3v) is 5.91. The molecule has 8 nitrogen and oxygen atoms in total. The first-order valence-corrected chi connectivity index (χ1v) is 10.2.